The number of sulfonamides is 1. The summed E-state index contributed by atoms with van der Waals surface area (Å²) in [6.45, 7) is 4.22. The van der Waals surface area contributed by atoms with Gasteiger partial charge in [0.2, 0.25) is 10.0 Å². The smallest absolute Gasteiger partial charge is 0.241 e. The van der Waals surface area contributed by atoms with E-state index in [-0.39, 0.29) is 6.04 Å². The van der Waals surface area contributed by atoms with Gasteiger partial charge in [0.1, 0.15) is 0 Å². The Labute approximate surface area is 103 Å². The molecular weight excluding hydrogens is 236 g/mol. The fraction of sp³-hybridized carbons (Fsp3) is 0.500. The van der Waals surface area contributed by atoms with Crippen molar-refractivity contribution in [2.45, 2.75) is 37.6 Å². The Bertz CT molecular complexity index is 457. The molecule has 0 saturated heterocycles. The Morgan fingerprint density at radius 3 is 2.53 bits per heavy atom. The molecule has 1 unspecified atom stereocenters. The Morgan fingerprint density at radius 2 is 2.00 bits per heavy atom. The average Bonchev–Trinajstić information content (AvgIpc) is 2.28. The second kappa shape index (κ2) is 6.14. The molecule has 5 heteroatoms. The van der Waals surface area contributed by atoms with E-state index in [2.05, 4.69) is 4.72 Å². The van der Waals surface area contributed by atoms with Gasteiger partial charge in [-0.3, -0.25) is 0 Å². The van der Waals surface area contributed by atoms with Crippen LogP contribution < -0.4 is 10.5 Å². The first-order valence-electron chi connectivity index (χ1n) is 5.79. The molecule has 1 rings (SSSR count). The third-order valence-corrected chi connectivity index (χ3v) is 4.39. The lowest BCUT2D eigenvalue weighted by molar-refractivity contribution is 0.520. The van der Waals surface area contributed by atoms with Crippen LogP contribution in [0.4, 0.5) is 0 Å². The molecular formula is C12H20N2O2S. The molecule has 0 radical (unpaired) electrons. The van der Waals surface area contributed by atoms with Crippen LogP contribution in [0, 0.1) is 6.92 Å². The minimum atomic E-state index is -3.43. The highest BCUT2D eigenvalue weighted by molar-refractivity contribution is 7.89. The number of nitrogens with two attached hydrogens (primary N) is 1. The molecule has 0 amide bonds. The SMILES string of the molecule is CCC(CCN)NS(=O)(=O)c1ccccc1C. The molecule has 96 valence electrons. The second-order valence-corrected chi connectivity index (χ2v) is 5.75. The van der Waals surface area contributed by atoms with Gasteiger partial charge in [-0.05, 0) is 37.9 Å². The van der Waals surface area contributed by atoms with Crippen molar-refractivity contribution < 1.29 is 8.42 Å². The van der Waals surface area contributed by atoms with Crippen LogP contribution in [0.1, 0.15) is 25.3 Å². The number of benzene rings is 1. The van der Waals surface area contributed by atoms with Crippen LogP contribution in [0.25, 0.3) is 0 Å². The summed E-state index contributed by atoms with van der Waals surface area (Å²) in [7, 11) is -3.43. The minimum Gasteiger partial charge on any atom is -0.330 e. The highest BCUT2D eigenvalue weighted by Crippen LogP contribution is 2.15. The van der Waals surface area contributed by atoms with Gasteiger partial charge in [0, 0.05) is 6.04 Å². The van der Waals surface area contributed by atoms with E-state index in [4.69, 9.17) is 5.73 Å². The monoisotopic (exact) mass is 256 g/mol. The predicted octanol–water partition coefficient (Wildman–Crippen LogP) is 1.40. The zero-order chi connectivity index (χ0) is 12.9. The number of aryl methyl sites for hydroxylation is 1. The molecule has 17 heavy (non-hydrogen) atoms. The molecule has 1 atom stereocenters. The summed E-state index contributed by atoms with van der Waals surface area (Å²) in [6, 6.07) is 6.87. The zero-order valence-electron chi connectivity index (χ0n) is 10.3. The standard InChI is InChI=1S/C12H20N2O2S/c1-3-11(8-9-13)14-17(15,16)12-7-5-4-6-10(12)2/h4-7,11,14H,3,8-9,13H2,1-2H3. The Kier molecular flexibility index (Phi) is 5.11. The van der Waals surface area contributed by atoms with Gasteiger partial charge in [0.15, 0.2) is 0 Å². The van der Waals surface area contributed by atoms with Crippen molar-refractivity contribution in [2.75, 3.05) is 6.54 Å². The molecule has 0 aliphatic rings. The van der Waals surface area contributed by atoms with Crippen molar-refractivity contribution in [1.29, 1.82) is 0 Å². The molecule has 4 nitrogen and oxygen atoms in total. The van der Waals surface area contributed by atoms with Crippen LogP contribution in [-0.4, -0.2) is 21.0 Å². The lowest BCUT2D eigenvalue weighted by atomic mass is 10.2. The van der Waals surface area contributed by atoms with Crippen LogP contribution in [0.5, 0.6) is 0 Å². The van der Waals surface area contributed by atoms with Gasteiger partial charge >= 0.3 is 0 Å². The predicted molar refractivity (Wildman–Crippen MR) is 69.3 cm³/mol. The molecule has 0 saturated carbocycles. The normalized spacial score (nSPS) is 13.6. The van der Waals surface area contributed by atoms with E-state index >= 15 is 0 Å². The first kappa shape index (κ1) is 14.2. The summed E-state index contributed by atoms with van der Waals surface area (Å²) < 4.78 is 27.0. The molecule has 0 bridgehead atoms. The average molecular weight is 256 g/mol. The number of rotatable bonds is 6. The first-order chi connectivity index (χ1) is 8.01. The van der Waals surface area contributed by atoms with Gasteiger partial charge in [-0.2, -0.15) is 0 Å². The second-order valence-electron chi connectivity index (χ2n) is 4.07. The van der Waals surface area contributed by atoms with E-state index in [1.165, 1.54) is 0 Å². The largest absolute Gasteiger partial charge is 0.330 e. The molecule has 0 aliphatic heterocycles. The molecule has 0 heterocycles. The molecule has 1 aromatic rings. The fourth-order valence-corrected chi connectivity index (χ4v) is 3.29. The Hall–Kier alpha value is -0.910. The summed E-state index contributed by atoms with van der Waals surface area (Å²) in [5, 5.41) is 0. The van der Waals surface area contributed by atoms with E-state index < -0.39 is 10.0 Å². The van der Waals surface area contributed by atoms with Gasteiger partial charge in [0.05, 0.1) is 4.90 Å². The fourth-order valence-electron chi connectivity index (χ4n) is 1.69. The van der Waals surface area contributed by atoms with Crippen LogP contribution in [-0.2, 0) is 10.0 Å². The van der Waals surface area contributed by atoms with Crippen molar-refractivity contribution >= 4 is 10.0 Å². The molecule has 1 aromatic carbocycles. The molecule has 0 spiro atoms. The van der Waals surface area contributed by atoms with Gasteiger partial charge in [-0.25, -0.2) is 13.1 Å². The Morgan fingerprint density at radius 1 is 1.35 bits per heavy atom. The summed E-state index contributed by atoms with van der Waals surface area (Å²) in [4.78, 5) is 0.343. The van der Waals surface area contributed by atoms with Crippen LogP contribution in [0.3, 0.4) is 0 Å². The third-order valence-electron chi connectivity index (χ3n) is 2.71. The van der Waals surface area contributed by atoms with Crippen LogP contribution in [0.2, 0.25) is 0 Å². The molecule has 0 fully saturated rings. The van der Waals surface area contributed by atoms with Crippen LogP contribution >= 0.6 is 0 Å². The van der Waals surface area contributed by atoms with Crippen molar-refractivity contribution in [1.82, 2.24) is 4.72 Å². The van der Waals surface area contributed by atoms with Crippen molar-refractivity contribution in [3.63, 3.8) is 0 Å². The van der Waals surface area contributed by atoms with Crippen molar-refractivity contribution in [3.05, 3.63) is 29.8 Å². The van der Waals surface area contributed by atoms with Crippen LogP contribution in [0.15, 0.2) is 29.2 Å². The summed E-state index contributed by atoms with van der Waals surface area (Å²) >= 11 is 0. The quantitative estimate of drug-likeness (QED) is 0.808. The maximum absolute atomic E-state index is 12.1. The minimum absolute atomic E-state index is 0.0930. The number of nitrogens with one attached hydrogen (secondary N) is 1. The summed E-state index contributed by atoms with van der Waals surface area (Å²) in [5.74, 6) is 0. The zero-order valence-corrected chi connectivity index (χ0v) is 11.1. The molecule has 0 aromatic heterocycles. The van der Waals surface area contributed by atoms with Gasteiger partial charge in [-0.15, -0.1) is 0 Å². The Balaban J connectivity index is 2.92. The lowest BCUT2D eigenvalue weighted by Crippen LogP contribution is -2.36. The van der Waals surface area contributed by atoms with Gasteiger partial charge in [0.25, 0.3) is 0 Å². The highest BCUT2D eigenvalue weighted by atomic mass is 32.2. The van der Waals surface area contributed by atoms with Crippen molar-refractivity contribution in [3.8, 4) is 0 Å². The maximum atomic E-state index is 12.1. The maximum Gasteiger partial charge on any atom is 0.241 e. The first-order valence-corrected chi connectivity index (χ1v) is 7.27. The number of hydrogen-bond acceptors (Lipinski definition) is 3. The lowest BCUT2D eigenvalue weighted by Gasteiger charge is -2.17. The van der Waals surface area contributed by atoms with E-state index in [1.807, 2.05) is 13.0 Å². The summed E-state index contributed by atoms with van der Waals surface area (Å²) in [5.41, 5.74) is 6.21. The van der Waals surface area contributed by atoms with Crippen molar-refractivity contribution in [2.24, 2.45) is 5.73 Å². The van der Waals surface area contributed by atoms with E-state index in [0.29, 0.717) is 17.9 Å². The molecule has 3 N–H and O–H groups in total. The number of hydrogen-bond donors (Lipinski definition) is 2. The van der Waals surface area contributed by atoms with E-state index in [1.54, 1.807) is 25.1 Å². The molecule has 0 aliphatic carbocycles. The summed E-state index contributed by atoms with van der Waals surface area (Å²) in [6.07, 6.45) is 1.39. The third kappa shape index (κ3) is 3.80. The highest BCUT2D eigenvalue weighted by Gasteiger charge is 2.19. The van der Waals surface area contributed by atoms with Gasteiger partial charge in [-0.1, -0.05) is 25.1 Å². The van der Waals surface area contributed by atoms with E-state index in [9.17, 15) is 8.42 Å². The topological polar surface area (TPSA) is 72.2 Å². The van der Waals surface area contributed by atoms with Gasteiger partial charge < -0.3 is 5.73 Å². The van der Waals surface area contributed by atoms with E-state index in [0.717, 1.165) is 12.0 Å².